The smallest absolute Gasteiger partial charge is 0.251 e. The van der Waals surface area contributed by atoms with Crippen molar-refractivity contribution in [3.8, 4) is 0 Å². The topological polar surface area (TPSA) is 68.3 Å². The standard InChI is InChI=1S/C32H40N4O3/c37-31(25-35-17-15-34(16-18-35)24-27-9-5-2-6-10-27)30(23-26-7-3-1-4-8-26)33-32(38)28-11-13-29(14-12-28)36-19-21-39-22-20-36/h1-14,30-31,37H,15-25H2,(H,33,38)/t30-,31-/m0/s1. The molecule has 7 heteroatoms. The molecule has 0 aliphatic carbocycles. The molecule has 2 aliphatic heterocycles. The number of benzene rings is 3. The maximum Gasteiger partial charge on any atom is 0.251 e. The number of hydrogen-bond acceptors (Lipinski definition) is 6. The van der Waals surface area contributed by atoms with Crippen molar-refractivity contribution in [2.45, 2.75) is 25.1 Å². The molecule has 7 nitrogen and oxygen atoms in total. The molecule has 2 atom stereocenters. The summed E-state index contributed by atoms with van der Waals surface area (Å²) in [6.07, 6.45) is -0.101. The van der Waals surface area contributed by atoms with E-state index >= 15 is 0 Å². The largest absolute Gasteiger partial charge is 0.390 e. The minimum Gasteiger partial charge on any atom is -0.390 e. The minimum absolute atomic E-state index is 0.156. The zero-order valence-corrected chi connectivity index (χ0v) is 22.6. The van der Waals surface area contributed by atoms with Gasteiger partial charge in [0.25, 0.3) is 5.91 Å². The van der Waals surface area contributed by atoms with Gasteiger partial charge in [-0.3, -0.25) is 14.6 Å². The zero-order valence-electron chi connectivity index (χ0n) is 22.6. The quantitative estimate of drug-likeness (QED) is 0.422. The van der Waals surface area contributed by atoms with Crippen LogP contribution in [0.3, 0.4) is 0 Å². The van der Waals surface area contributed by atoms with Crippen LogP contribution in [0.5, 0.6) is 0 Å². The highest BCUT2D eigenvalue weighted by atomic mass is 16.5. The second kappa shape index (κ2) is 13.7. The first-order chi connectivity index (χ1) is 19.1. The Bertz CT molecular complexity index is 1150. The van der Waals surface area contributed by atoms with Crippen molar-refractivity contribution in [3.05, 3.63) is 102 Å². The maximum absolute atomic E-state index is 13.3. The SMILES string of the molecule is O=C(N[C@@H](Cc1ccccc1)[C@@H](O)CN1CCN(Cc2ccccc2)CC1)c1ccc(N2CCOCC2)cc1. The monoisotopic (exact) mass is 528 g/mol. The van der Waals surface area contributed by atoms with Gasteiger partial charge >= 0.3 is 0 Å². The lowest BCUT2D eigenvalue weighted by molar-refractivity contribution is 0.0478. The minimum atomic E-state index is -0.678. The van der Waals surface area contributed by atoms with E-state index in [1.54, 1.807) is 0 Å². The van der Waals surface area contributed by atoms with Crippen molar-refractivity contribution < 1.29 is 14.6 Å². The summed E-state index contributed by atoms with van der Waals surface area (Å²) >= 11 is 0. The summed E-state index contributed by atoms with van der Waals surface area (Å²) in [4.78, 5) is 20.3. The number of rotatable bonds is 10. The van der Waals surface area contributed by atoms with E-state index in [-0.39, 0.29) is 11.9 Å². The van der Waals surface area contributed by atoms with E-state index in [1.165, 1.54) is 5.56 Å². The van der Waals surface area contributed by atoms with E-state index in [9.17, 15) is 9.90 Å². The van der Waals surface area contributed by atoms with E-state index < -0.39 is 6.10 Å². The second-order valence-corrected chi connectivity index (χ2v) is 10.5. The number of morpholine rings is 1. The van der Waals surface area contributed by atoms with Gasteiger partial charge in [0.1, 0.15) is 0 Å². The Morgan fingerprint density at radius 2 is 1.36 bits per heavy atom. The molecule has 0 bridgehead atoms. The molecule has 3 aromatic rings. The molecule has 0 saturated carbocycles. The van der Waals surface area contributed by atoms with Crippen molar-refractivity contribution in [3.63, 3.8) is 0 Å². The Morgan fingerprint density at radius 1 is 0.769 bits per heavy atom. The average molecular weight is 529 g/mol. The molecule has 39 heavy (non-hydrogen) atoms. The van der Waals surface area contributed by atoms with Crippen LogP contribution in [0.2, 0.25) is 0 Å². The molecular formula is C32H40N4O3. The second-order valence-electron chi connectivity index (χ2n) is 10.5. The fraction of sp³-hybridized carbons (Fsp3) is 0.406. The van der Waals surface area contributed by atoms with Gasteiger partial charge in [0.2, 0.25) is 0 Å². The lowest BCUT2D eigenvalue weighted by Gasteiger charge is -2.37. The van der Waals surface area contributed by atoms with Crippen molar-refractivity contribution in [1.29, 1.82) is 0 Å². The number of carbonyl (C=O) groups excluding carboxylic acids is 1. The third-order valence-corrected chi connectivity index (χ3v) is 7.74. The highest BCUT2D eigenvalue weighted by molar-refractivity contribution is 5.94. The van der Waals surface area contributed by atoms with Crippen molar-refractivity contribution in [1.82, 2.24) is 15.1 Å². The van der Waals surface area contributed by atoms with Gasteiger partial charge in [-0.05, 0) is 41.8 Å². The van der Waals surface area contributed by atoms with Crippen LogP contribution in [0.15, 0.2) is 84.9 Å². The molecule has 0 radical (unpaired) electrons. The highest BCUT2D eigenvalue weighted by Gasteiger charge is 2.26. The van der Waals surface area contributed by atoms with E-state index in [0.29, 0.717) is 18.5 Å². The number of anilines is 1. The third kappa shape index (κ3) is 7.90. The van der Waals surface area contributed by atoms with Gasteiger partial charge in [-0.15, -0.1) is 0 Å². The van der Waals surface area contributed by atoms with Gasteiger partial charge in [0.05, 0.1) is 25.4 Å². The van der Waals surface area contributed by atoms with E-state index in [2.05, 4.69) is 44.3 Å². The molecule has 0 unspecified atom stereocenters. The summed E-state index contributed by atoms with van der Waals surface area (Å²) in [7, 11) is 0. The van der Waals surface area contributed by atoms with Crippen LogP contribution in [0.4, 0.5) is 5.69 Å². The Hall–Kier alpha value is -3.23. The Morgan fingerprint density at radius 3 is 2.00 bits per heavy atom. The molecule has 2 fully saturated rings. The Balaban J connectivity index is 1.18. The Kier molecular flexibility index (Phi) is 9.61. The lowest BCUT2D eigenvalue weighted by atomic mass is 10.00. The van der Waals surface area contributed by atoms with Gasteiger partial charge in [-0.2, -0.15) is 0 Å². The maximum atomic E-state index is 13.3. The number of piperazine rings is 1. The van der Waals surface area contributed by atoms with Crippen LogP contribution in [-0.2, 0) is 17.7 Å². The molecule has 3 aromatic carbocycles. The molecule has 5 rings (SSSR count). The molecular weight excluding hydrogens is 488 g/mol. The molecule has 0 spiro atoms. The van der Waals surface area contributed by atoms with Gasteiger partial charge in [-0.1, -0.05) is 60.7 Å². The number of hydrogen-bond donors (Lipinski definition) is 2. The van der Waals surface area contributed by atoms with Crippen LogP contribution < -0.4 is 10.2 Å². The van der Waals surface area contributed by atoms with Gasteiger partial charge in [0, 0.05) is 63.6 Å². The highest BCUT2D eigenvalue weighted by Crippen LogP contribution is 2.18. The van der Waals surface area contributed by atoms with Crippen LogP contribution >= 0.6 is 0 Å². The number of β-amino-alcohol motifs (C(OH)–C–C–N with tert-alkyl or cyclic N) is 1. The first-order valence-electron chi connectivity index (χ1n) is 14.1. The van der Waals surface area contributed by atoms with E-state index in [0.717, 1.165) is 70.3 Å². The summed E-state index contributed by atoms with van der Waals surface area (Å²) in [5.41, 5.74) is 4.13. The lowest BCUT2D eigenvalue weighted by Crippen LogP contribution is -2.53. The molecule has 2 aliphatic rings. The van der Waals surface area contributed by atoms with E-state index in [4.69, 9.17) is 4.74 Å². The molecule has 2 N–H and O–H groups in total. The van der Waals surface area contributed by atoms with Crippen LogP contribution in [0, 0.1) is 0 Å². The number of amides is 1. The molecule has 2 heterocycles. The molecule has 1 amide bonds. The number of aliphatic hydroxyl groups excluding tert-OH is 1. The first kappa shape index (κ1) is 27.3. The summed E-state index contributed by atoms with van der Waals surface area (Å²) in [5.74, 6) is -0.156. The summed E-state index contributed by atoms with van der Waals surface area (Å²) in [6.45, 7) is 8.39. The summed E-state index contributed by atoms with van der Waals surface area (Å²) in [6, 6.07) is 28.0. The fourth-order valence-corrected chi connectivity index (χ4v) is 5.41. The van der Waals surface area contributed by atoms with Crippen LogP contribution in [-0.4, -0.2) is 92.0 Å². The first-order valence-corrected chi connectivity index (χ1v) is 14.1. The summed E-state index contributed by atoms with van der Waals surface area (Å²) in [5, 5.41) is 14.5. The van der Waals surface area contributed by atoms with Crippen molar-refractivity contribution in [2.75, 3.05) is 63.9 Å². The normalized spacial score (nSPS) is 18.4. The summed E-state index contributed by atoms with van der Waals surface area (Å²) < 4.78 is 5.45. The third-order valence-electron chi connectivity index (χ3n) is 7.74. The van der Waals surface area contributed by atoms with Crippen molar-refractivity contribution in [2.24, 2.45) is 0 Å². The van der Waals surface area contributed by atoms with Crippen LogP contribution in [0.25, 0.3) is 0 Å². The van der Waals surface area contributed by atoms with E-state index in [1.807, 2.05) is 60.7 Å². The number of nitrogens with zero attached hydrogens (tertiary/aromatic N) is 3. The van der Waals surface area contributed by atoms with Gasteiger partial charge in [-0.25, -0.2) is 0 Å². The number of aliphatic hydroxyl groups is 1. The van der Waals surface area contributed by atoms with Crippen molar-refractivity contribution >= 4 is 11.6 Å². The molecule has 2 saturated heterocycles. The average Bonchev–Trinajstić information content (AvgIpc) is 2.99. The Labute approximate surface area is 232 Å². The predicted molar refractivity (Wildman–Crippen MR) is 155 cm³/mol. The number of nitrogens with one attached hydrogen (secondary N) is 1. The van der Waals surface area contributed by atoms with Crippen LogP contribution in [0.1, 0.15) is 21.5 Å². The zero-order chi connectivity index (χ0) is 26.9. The molecule has 0 aromatic heterocycles. The molecule has 206 valence electrons. The number of ether oxygens (including phenoxy) is 1. The predicted octanol–water partition coefficient (Wildman–Crippen LogP) is 3.04. The number of carbonyl (C=O) groups is 1. The van der Waals surface area contributed by atoms with Gasteiger partial charge < -0.3 is 20.1 Å². The van der Waals surface area contributed by atoms with Gasteiger partial charge in [0.15, 0.2) is 0 Å². The fourth-order valence-electron chi connectivity index (χ4n) is 5.41.